The van der Waals surface area contributed by atoms with Crippen LogP contribution < -0.4 is 0 Å². The molecule has 0 radical (unpaired) electrons. The van der Waals surface area contributed by atoms with Crippen molar-refractivity contribution in [2.45, 2.75) is 51.5 Å². The largest absolute Gasteiger partial charge is 0.396 e. The molecule has 2 aliphatic rings. The van der Waals surface area contributed by atoms with E-state index in [9.17, 15) is 14.4 Å². The lowest BCUT2D eigenvalue weighted by Crippen LogP contribution is -2.35. The van der Waals surface area contributed by atoms with Crippen molar-refractivity contribution in [1.82, 2.24) is 9.80 Å². The molecule has 0 spiro atoms. The van der Waals surface area contributed by atoms with Gasteiger partial charge in [-0.05, 0) is 50.3 Å². The molecule has 2 heterocycles. The molecule has 3 amide bonds. The van der Waals surface area contributed by atoms with Crippen molar-refractivity contribution in [1.29, 1.82) is 0 Å². The lowest BCUT2D eigenvalue weighted by molar-refractivity contribution is 0.0651. The van der Waals surface area contributed by atoms with Crippen molar-refractivity contribution in [3.63, 3.8) is 0 Å². The average Bonchev–Trinajstić information content (AvgIpc) is 3.21. The summed E-state index contributed by atoms with van der Waals surface area (Å²) in [5.41, 5.74) is 1.18. The average molecular weight is 358 g/mol. The van der Waals surface area contributed by atoms with Gasteiger partial charge in [-0.1, -0.05) is 13.3 Å². The highest BCUT2D eigenvalue weighted by Crippen LogP contribution is 2.27. The number of unbranched alkanes of at least 4 members (excludes halogenated alkanes) is 1. The van der Waals surface area contributed by atoms with E-state index in [4.69, 9.17) is 5.11 Å². The predicted octanol–water partition coefficient (Wildman–Crippen LogP) is 2.46. The molecule has 0 aromatic heterocycles. The molecular formula is C20H26N2O4. The van der Waals surface area contributed by atoms with Crippen LogP contribution in [0.3, 0.4) is 0 Å². The summed E-state index contributed by atoms with van der Waals surface area (Å²) in [7, 11) is 0. The van der Waals surface area contributed by atoms with Gasteiger partial charge in [0.15, 0.2) is 0 Å². The second-order valence-electron chi connectivity index (χ2n) is 7.04. The van der Waals surface area contributed by atoms with Crippen LogP contribution in [0.2, 0.25) is 0 Å². The van der Waals surface area contributed by atoms with Gasteiger partial charge in [-0.2, -0.15) is 0 Å². The standard InChI is InChI=1S/C20H26N2O4/c1-2-3-10-22-19(25)16-9-8-14(13-17(16)20(22)26)18(24)21-11-4-6-15(21)7-5-12-23/h8-9,13,15,23H,2-7,10-12H2,1H3/t15-/m1/s1. The normalized spacial score (nSPS) is 19.4. The molecule has 6 heteroatoms. The number of likely N-dealkylation sites (tertiary alicyclic amines) is 1. The van der Waals surface area contributed by atoms with Gasteiger partial charge in [0.1, 0.15) is 0 Å². The zero-order valence-electron chi connectivity index (χ0n) is 15.2. The van der Waals surface area contributed by atoms with Gasteiger partial charge in [-0.25, -0.2) is 0 Å². The van der Waals surface area contributed by atoms with Crippen LogP contribution in [0.4, 0.5) is 0 Å². The maximum Gasteiger partial charge on any atom is 0.261 e. The zero-order chi connectivity index (χ0) is 18.7. The number of aliphatic hydroxyl groups is 1. The highest BCUT2D eigenvalue weighted by molar-refractivity contribution is 6.22. The first-order chi connectivity index (χ1) is 12.6. The van der Waals surface area contributed by atoms with Crippen LogP contribution in [0.15, 0.2) is 18.2 Å². The van der Waals surface area contributed by atoms with E-state index < -0.39 is 0 Å². The molecule has 0 aliphatic carbocycles. The Morgan fingerprint density at radius 1 is 1.19 bits per heavy atom. The number of carbonyl (C=O) groups is 3. The van der Waals surface area contributed by atoms with Crippen molar-refractivity contribution >= 4 is 17.7 Å². The number of hydrogen-bond acceptors (Lipinski definition) is 4. The quantitative estimate of drug-likeness (QED) is 0.760. The van der Waals surface area contributed by atoms with Crippen molar-refractivity contribution in [3.8, 4) is 0 Å². The molecule has 0 saturated carbocycles. The van der Waals surface area contributed by atoms with Crippen LogP contribution in [-0.2, 0) is 0 Å². The Balaban J connectivity index is 1.80. The molecule has 3 rings (SSSR count). The molecule has 0 unspecified atom stereocenters. The number of fused-ring (bicyclic) bond motifs is 1. The van der Waals surface area contributed by atoms with E-state index in [0.29, 0.717) is 36.2 Å². The highest BCUT2D eigenvalue weighted by atomic mass is 16.3. The summed E-state index contributed by atoms with van der Waals surface area (Å²) < 4.78 is 0. The minimum atomic E-state index is -0.300. The second-order valence-corrected chi connectivity index (χ2v) is 7.04. The van der Waals surface area contributed by atoms with Crippen LogP contribution in [0.25, 0.3) is 0 Å². The number of benzene rings is 1. The van der Waals surface area contributed by atoms with Crippen LogP contribution in [0, 0.1) is 0 Å². The van der Waals surface area contributed by atoms with Crippen LogP contribution in [-0.4, -0.2) is 58.4 Å². The topological polar surface area (TPSA) is 77.9 Å². The first-order valence-electron chi connectivity index (χ1n) is 9.50. The zero-order valence-corrected chi connectivity index (χ0v) is 15.2. The van der Waals surface area contributed by atoms with Gasteiger partial charge in [-0.3, -0.25) is 19.3 Å². The van der Waals surface area contributed by atoms with Gasteiger partial charge in [0, 0.05) is 31.3 Å². The third kappa shape index (κ3) is 3.38. The van der Waals surface area contributed by atoms with Crippen molar-refractivity contribution in [3.05, 3.63) is 34.9 Å². The fraction of sp³-hybridized carbons (Fsp3) is 0.550. The van der Waals surface area contributed by atoms with E-state index in [1.807, 2.05) is 11.8 Å². The van der Waals surface area contributed by atoms with E-state index in [2.05, 4.69) is 0 Å². The Labute approximate surface area is 153 Å². The van der Waals surface area contributed by atoms with Gasteiger partial charge in [-0.15, -0.1) is 0 Å². The predicted molar refractivity (Wildman–Crippen MR) is 97.1 cm³/mol. The number of amides is 3. The number of imide groups is 1. The third-order valence-electron chi connectivity index (χ3n) is 5.29. The Kier molecular flexibility index (Phi) is 5.71. The van der Waals surface area contributed by atoms with Crippen molar-refractivity contribution < 1.29 is 19.5 Å². The van der Waals surface area contributed by atoms with Gasteiger partial charge in [0.2, 0.25) is 0 Å². The van der Waals surface area contributed by atoms with Crippen LogP contribution in [0.5, 0.6) is 0 Å². The molecule has 140 valence electrons. The Morgan fingerprint density at radius 3 is 2.69 bits per heavy atom. The van der Waals surface area contributed by atoms with E-state index in [-0.39, 0.29) is 30.4 Å². The summed E-state index contributed by atoms with van der Waals surface area (Å²) in [5, 5.41) is 9.04. The fourth-order valence-electron chi connectivity index (χ4n) is 3.84. The van der Waals surface area contributed by atoms with E-state index in [1.165, 1.54) is 4.90 Å². The van der Waals surface area contributed by atoms with E-state index in [1.54, 1.807) is 18.2 Å². The van der Waals surface area contributed by atoms with Crippen LogP contribution in [0.1, 0.15) is 76.5 Å². The molecule has 1 saturated heterocycles. The molecule has 1 aromatic carbocycles. The SMILES string of the molecule is CCCCN1C(=O)c2ccc(C(=O)N3CCC[C@@H]3CCCO)cc2C1=O. The molecule has 2 aliphatic heterocycles. The first-order valence-corrected chi connectivity index (χ1v) is 9.50. The molecule has 1 atom stereocenters. The Hall–Kier alpha value is -2.21. The lowest BCUT2D eigenvalue weighted by atomic mass is 10.0. The number of rotatable bonds is 7. The molecule has 6 nitrogen and oxygen atoms in total. The van der Waals surface area contributed by atoms with Gasteiger partial charge in [0.05, 0.1) is 11.1 Å². The summed E-state index contributed by atoms with van der Waals surface area (Å²) in [6, 6.07) is 4.97. The molecule has 1 fully saturated rings. The molecule has 1 N–H and O–H groups in total. The third-order valence-corrected chi connectivity index (χ3v) is 5.29. The molecule has 26 heavy (non-hydrogen) atoms. The summed E-state index contributed by atoms with van der Waals surface area (Å²) in [6.07, 6.45) is 5.04. The van der Waals surface area contributed by atoms with Gasteiger partial charge >= 0.3 is 0 Å². The van der Waals surface area contributed by atoms with Crippen molar-refractivity contribution in [2.75, 3.05) is 19.7 Å². The molecule has 0 bridgehead atoms. The maximum atomic E-state index is 12.9. The number of nitrogens with zero attached hydrogens (tertiary/aromatic N) is 2. The first kappa shape index (κ1) is 18.6. The second kappa shape index (κ2) is 7.99. The summed E-state index contributed by atoms with van der Waals surface area (Å²) >= 11 is 0. The number of aliphatic hydroxyl groups excluding tert-OH is 1. The molecular weight excluding hydrogens is 332 g/mol. The van der Waals surface area contributed by atoms with E-state index >= 15 is 0 Å². The monoisotopic (exact) mass is 358 g/mol. The summed E-state index contributed by atoms with van der Waals surface area (Å²) in [4.78, 5) is 41.0. The van der Waals surface area contributed by atoms with Crippen molar-refractivity contribution in [2.24, 2.45) is 0 Å². The minimum absolute atomic E-state index is 0.0968. The van der Waals surface area contributed by atoms with Crippen LogP contribution >= 0.6 is 0 Å². The lowest BCUT2D eigenvalue weighted by Gasteiger charge is -2.24. The maximum absolute atomic E-state index is 12.9. The fourth-order valence-corrected chi connectivity index (χ4v) is 3.84. The Morgan fingerprint density at radius 2 is 1.96 bits per heavy atom. The number of carbonyl (C=O) groups excluding carboxylic acids is 3. The van der Waals surface area contributed by atoms with Gasteiger partial charge < -0.3 is 10.0 Å². The molecule has 1 aromatic rings. The highest BCUT2D eigenvalue weighted by Gasteiger charge is 2.36. The number of hydrogen-bond donors (Lipinski definition) is 1. The van der Waals surface area contributed by atoms with Gasteiger partial charge in [0.25, 0.3) is 17.7 Å². The summed E-state index contributed by atoms with van der Waals surface area (Å²) in [6.45, 7) is 3.25. The summed E-state index contributed by atoms with van der Waals surface area (Å²) in [5.74, 6) is -0.661. The van der Waals surface area contributed by atoms with E-state index in [0.717, 1.165) is 32.1 Å². The smallest absolute Gasteiger partial charge is 0.261 e. The Bertz CT molecular complexity index is 716. The minimum Gasteiger partial charge on any atom is -0.396 e.